The number of hydrogen-bond donors (Lipinski definition) is 4. The van der Waals surface area contributed by atoms with Gasteiger partial charge < -0.3 is 40.0 Å². The van der Waals surface area contributed by atoms with Gasteiger partial charge >= 0.3 is 19.3 Å². The number of nitrogens with zero attached hydrogens (tertiary/aromatic N) is 2. The van der Waals surface area contributed by atoms with E-state index in [1.807, 2.05) is 94.4 Å². The molecule has 0 unspecified atom stereocenters. The summed E-state index contributed by atoms with van der Waals surface area (Å²) < 4.78 is 10.3. The van der Waals surface area contributed by atoms with Crippen molar-refractivity contribution in [2.75, 3.05) is 27.3 Å². The number of benzene rings is 6. The maximum Gasteiger partial charge on any atom is 0.488 e. The first-order chi connectivity index (χ1) is 35.5. The van der Waals surface area contributed by atoms with Gasteiger partial charge in [-0.05, 0) is 105 Å². The van der Waals surface area contributed by atoms with E-state index >= 15 is 0 Å². The first kappa shape index (κ1) is 56.4. The highest BCUT2D eigenvalue weighted by atomic mass is 79.9. The third-order valence-electron chi connectivity index (χ3n) is 13.3. The number of amides is 4. The fourth-order valence-electron chi connectivity index (χ4n) is 9.34. The number of carbonyl (C=O) groups excluding carboxylic acids is 6. The second-order valence-electron chi connectivity index (χ2n) is 19.3. The van der Waals surface area contributed by atoms with Crippen LogP contribution in [0.2, 0.25) is 0 Å². The number of nitrogens with one attached hydrogen (secondary N) is 2. The van der Waals surface area contributed by atoms with Crippen LogP contribution in [0, 0.1) is 11.8 Å². The molecule has 6 aromatic carbocycles. The SMILES string of the molecule is COC(=O)N[C@H](C(=O)N1CCC[C@H]1C(=O)Cc1ccc2cc(-c3ccccc3)ccc2c1)C(C)C.COC(=O)N[C@H](C(=O)N1CCC[C@H]1C(=O)Cc1ccc2cc(Br)ccc2c1)C(C)C.OB(O)c1ccccc1. The van der Waals surface area contributed by atoms with Crippen LogP contribution in [-0.4, -0.2) is 114 Å². The molecule has 8 rings (SSSR count). The van der Waals surface area contributed by atoms with Crippen molar-refractivity contribution in [2.45, 2.75) is 90.4 Å². The Balaban J connectivity index is 0.000000208. The van der Waals surface area contributed by atoms with Crippen LogP contribution >= 0.6 is 15.9 Å². The molecule has 16 heteroatoms. The van der Waals surface area contributed by atoms with Gasteiger partial charge in [0.15, 0.2) is 11.6 Å². The average molecular weight is 1070 g/mol. The summed E-state index contributed by atoms with van der Waals surface area (Å²) in [7, 11) is 1.19. The van der Waals surface area contributed by atoms with Gasteiger partial charge in [0, 0.05) is 30.4 Å². The summed E-state index contributed by atoms with van der Waals surface area (Å²) in [6.45, 7) is 8.49. The minimum absolute atomic E-state index is 0.0247. The monoisotopic (exact) mass is 1070 g/mol. The summed E-state index contributed by atoms with van der Waals surface area (Å²) in [5, 5.41) is 26.8. The van der Waals surface area contributed by atoms with Gasteiger partial charge in [-0.2, -0.15) is 0 Å². The zero-order valence-corrected chi connectivity index (χ0v) is 44.4. The molecule has 388 valence electrons. The lowest BCUT2D eigenvalue weighted by Crippen LogP contribution is -2.53. The number of halogens is 1. The molecule has 4 N–H and O–H groups in total. The van der Waals surface area contributed by atoms with E-state index in [0.29, 0.717) is 31.4 Å². The Morgan fingerprint density at radius 2 is 0.986 bits per heavy atom. The highest BCUT2D eigenvalue weighted by Crippen LogP contribution is 2.28. The number of Topliss-reactive ketones (excluding diaryl/α,β-unsaturated/α-hetero) is 2. The van der Waals surface area contributed by atoms with Crippen LogP contribution in [0.15, 0.2) is 138 Å². The Morgan fingerprint density at radius 1 is 0.568 bits per heavy atom. The highest BCUT2D eigenvalue weighted by Gasteiger charge is 2.40. The molecule has 2 aliphatic rings. The van der Waals surface area contributed by atoms with Crippen LogP contribution in [0.25, 0.3) is 32.7 Å². The van der Waals surface area contributed by atoms with Crippen LogP contribution < -0.4 is 16.1 Å². The van der Waals surface area contributed by atoms with Gasteiger partial charge in [-0.3, -0.25) is 19.2 Å². The zero-order chi connectivity index (χ0) is 53.5. The minimum Gasteiger partial charge on any atom is -0.453 e. The van der Waals surface area contributed by atoms with Gasteiger partial charge in [0.1, 0.15) is 12.1 Å². The van der Waals surface area contributed by atoms with Crippen molar-refractivity contribution in [2.24, 2.45) is 11.8 Å². The summed E-state index contributed by atoms with van der Waals surface area (Å²) in [6, 6.07) is 41.0. The molecule has 6 aromatic rings. The van der Waals surface area contributed by atoms with Crippen molar-refractivity contribution in [3.8, 4) is 11.1 Å². The van der Waals surface area contributed by atoms with Crippen molar-refractivity contribution < 1.29 is 48.3 Å². The fourth-order valence-corrected chi connectivity index (χ4v) is 9.72. The van der Waals surface area contributed by atoms with E-state index in [9.17, 15) is 28.8 Å². The molecule has 2 saturated heterocycles. The Labute approximate surface area is 442 Å². The molecule has 0 aliphatic carbocycles. The lowest BCUT2D eigenvalue weighted by molar-refractivity contribution is -0.140. The molecule has 0 spiro atoms. The van der Waals surface area contributed by atoms with E-state index in [1.54, 1.807) is 34.1 Å². The number of rotatable bonds is 14. The molecule has 0 radical (unpaired) electrons. The van der Waals surface area contributed by atoms with Crippen molar-refractivity contribution in [1.29, 1.82) is 0 Å². The van der Waals surface area contributed by atoms with Crippen molar-refractivity contribution in [3.05, 3.63) is 149 Å². The predicted octanol–water partition coefficient (Wildman–Crippen LogP) is 8.44. The predicted molar refractivity (Wildman–Crippen MR) is 293 cm³/mol. The lowest BCUT2D eigenvalue weighted by Gasteiger charge is -2.30. The minimum atomic E-state index is -1.34. The molecule has 4 atom stereocenters. The summed E-state index contributed by atoms with van der Waals surface area (Å²) in [4.78, 5) is 79.3. The first-order valence-corrected chi connectivity index (χ1v) is 25.8. The Hall–Kier alpha value is -6.88. The number of alkyl carbamates (subject to hydrolysis) is 2. The van der Waals surface area contributed by atoms with E-state index in [1.165, 1.54) is 19.8 Å². The molecule has 4 amide bonds. The quantitative estimate of drug-likeness (QED) is 0.0770. The molecule has 2 aliphatic heterocycles. The lowest BCUT2D eigenvalue weighted by atomic mass is 9.81. The second kappa shape index (κ2) is 26.9. The molecule has 74 heavy (non-hydrogen) atoms. The summed E-state index contributed by atoms with van der Waals surface area (Å²) in [6.07, 6.45) is 2.08. The van der Waals surface area contributed by atoms with Crippen LogP contribution in [0.5, 0.6) is 0 Å². The molecule has 0 aromatic heterocycles. The summed E-state index contributed by atoms with van der Waals surface area (Å²) in [5.74, 6) is -0.649. The number of ether oxygens (including phenoxy) is 2. The number of likely N-dealkylation sites (tertiary alicyclic amines) is 2. The Bertz CT molecular complexity index is 2900. The number of hydrogen-bond acceptors (Lipinski definition) is 10. The van der Waals surface area contributed by atoms with Crippen LogP contribution in [0.3, 0.4) is 0 Å². The standard InChI is InChI=1S/C29H32N2O4.C23H27BrN2O4.C6H7BO2/c1-19(2)27(30-29(34)35-3)28(33)31-15-7-10-25(31)26(32)17-20-11-12-24-18-23(14-13-22(24)16-20)21-8-5-4-6-9-21;1-14(2)21(25-23(29)30-3)22(28)26-10-4-5-19(26)20(27)12-15-6-7-17-13-18(24)9-8-16(17)11-15;8-7(9)6-4-2-1-3-5-6/h4-6,8-9,11-14,16,18-19,25,27H,7,10,15,17H2,1-3H3,(H,30,34);6-9,11,13-14,19,21H,4-5,10,12H2,1-3H3,(H,25,29);1-5,8-9H/t25-,27-;19-,21-;/m00./s1. The largest absolute Gasteiger partial charge is 0.488 e. The van der Waals surface area contributed by atoms with Crippen molar-refractivity contribution >= 4 is 85.6 Å². The van der Waals surface area contributed by atoms with E-state index in [0.717, 1.165) is 55.5 Å². The van der Waals surface area contributed by atoms with E-state index in [-0.39, 0.29) is 48.1 Å². The van der Waals surface area contributed by atoms with E-state index in [4.69, 9.17) is 10.0 Å². The van der Waals surface area contributed by atoms with Gasteiger partial charge in [0.25, 0.3) is 0 Å². The zero-order valence-electron chi connectivity index (χ0n) is 42.8. The van der Waals surface area contributed by atoms with Crippen LogP contribution in [0.1, 0.15) is 64.5 Å². The molecule has 2 heterocycles. The molecule has 2 fully saturated rings. The number of ketones is 2. The third-order valence-corrected chi connectivity index (χ3v) is 13.8. The number of fused-ring (bicyclic) bond motifs is 2. The molecule has 14 nitrogen and oxygen atoms in total. The molecular weight excluding hydrogens is 1000 g/mol. The Morgan fingerprint density at radius 3 is 1.42 bits per heavy atom. The van der Waals surface area contributed by atoms with Gasteiger partial charge in [-0.1, -0.05) is 159 Å². The van der Waals surface area contributed by atoms with Crippen LogP contribution in [-0.2, 0) is 41.5 Å². The highest BCUT2D eigenvalue weighted by molar-refractivity contribution is 9.10. The molecule has 0 saturated carbocycles. The normalized spacial score (nSPS) is 15.8. The summed E-state index contributed by atoms with van der Waals surface area (Å²) >= 11 is 3.47. The molecular formula is C58H66BBrN4O10. The number of carbonyl (C=O) groups is 6. The molecule has 0 bridgehead atoms. The van der Waals surface area contributed by atoms with Crippen molar-refractivity contribution in [3.63, 3.8) is 0 Å². The second-order valence-corrected chi connectivity index (χ2v) is 20.2. The maximum atomic E-state index is 13.3. The summed E-state index contributed by atoms with van der Waals surface area (Å²) in [5.41, 5.74) is 4.71. The maximum absolute atomic E-state index is 13.3. The van der Waals surface area contributed by atoms with E-state index < -0.39 is 43.5 Å². The topological polar surface area (TPSA) is 192 Å². The van der Waals surface area contributed by atoms with Gasteiger partial charge in [-0.25, -0.2) is 9.59 Å². The smallest absolute Gasteiger partial charge is 0.453 e. The average Bonchev–Trinajstić information content (AvgIpc) is 4.12. The van der Waals surface area contributed by atoms with Crippen molar-refractivity contribution in [1.82, 2.24) is 20.4 Å². The fraction of sp³-hybridized carbons (Fsp3) is 0.345. The van der Waals surface area contributed by atoms with Gasteiger partial charge in [0.2, 0.25) is 11.8 Å². The van der Waals surface area contributed by atoms with Gasteiger partial charge in [-0.15, -0.1) is 0 Å². The number of methoxy groups -OCH3 is 2. The van der Waals surface area contributed by atoms with Crippen LogP contribution in [0.4, 0.5) is 9.59 Å². The first-order valence-electron chi connectivity index (χ1n) is 25.0. The third kappa shape index (κ3) is 15.1. The van der Waals surface area contributed by atoms with Gasteiger partial charge in [0.05, 0.1) is 26.3 Å². The Kier molecular flexibility index (Phi) is 20.5. The van der Waals surface area contributed by atoms with E-state index in [2.05, 4.69) is 78.5 Å².